The molecule has 0 saturated heterocycles. The first kappa shape index (κ1) is 19.4. The number of aromatic nitrogens is 2. The van der Waals surface area contributed by atoms with E-state index in [4.69, 9.17) is 22.1 Å². The van der Waals surface area contributed by atoms with Gasteiger partial charge in [-0.1, -0.05) is 24.9 Å². The van der Waals surface area contributed by atoms with Gasteiger partial charge in [-0.15, -0.1) is 0 Å². The predicted molar refractivity (Wildman–Crippen MR) is 100 cm³/mol. The lowest BCUT2D eigenvalue weighted by Gasteiger charge is -2.18. The van der Waals surface area contributed by atoms with E-state index in [2.05, 4.69) is 28.0 Å². The first-order valence-corrected chi connectivity index (χ1v) is 9.37. The monoisotopic (exact) mass is 415 g/mol. The smallest absolute Gasteiger partial charge is 0.150 e. The fourth-order valence-electron chi connectivity index (χ4n) is 2.70. The van der Waals surface area contributed by atoms with Crippen molar-refractivity contribution in [1.29, 1.82) is 0 Å². The van der Waals surface area contributed by atoms with Gasteiger partial charge >= 0.3 is 0 Å². The molecule has 0 saturated carbocycles. The molecule has 2 aromatic rings. The summed E-state index contributed by atoms with van der Waals surface area (Å²) in [7, 11) is 0. The topological polar surface area (TPSA) is 70.1 Å². The Balaban J connectivity index is 2.41. The molecule has 132 valence electrons. The Labute approximate surface area is 155 Å². The highest BCUT2D eigenvalue weighted by atomic mass is 79.9. The van der Waals surface area contributed by atoms with Crippen LogP contribution in [0.2, 0.25) is 5.02 Å². The number of nitrogens with two attached hydrogens (primary N) is 1. The van der Waals surface area contributed by atoms with E-state index >= 15 is 0 Å². The fourth-order valence-corrected chi connectivity index (χ4v) is 3.82. The molecule has 0 aliphatic carbocycles. The van der Waals surface area contributed by atoms with Crippen molar-refractivity contribution < 1.29 is 9.53 Å². The van der Waals surface area contributed by atoms with Crippen LogP contribution in [0.25, 0.3) is 10.9 Å². The number of Topliss-reactive ketones (excluding diaryl/α,β-unsaturated/α-hetero) is 1. The molecule has 1 unspecified atom stereocenters. The predicted octanol–water partition coefficient (Wildman–Crippen LogP) is 4.25. The van der Waals surface area contributed by atoms with Crippen molar-refractivity contribution in [2.24, 2.45) is 5.73 Å². The van der Waals surface area contributed by atoms with Gasteiger partial charge in [0.25, 0.3) is 0 Å². The minimum atomic E-state index is -0.106. The van der Waals surface area contributed by atoms with Gasteiger partial charge in [-0.2, -0.15) is 5.10 Å². The molecule has 1 aromatic carbocycles. The average Bonchev–Trinajstić information content (AvgIpc) is 2.97. The maximum absolute atomic E-state index is 11.5. The Morgan fingerprint density at radius 1 is 1.50 bits per heavy atom. The summed E-state index contributed by atoms with van der Waals surface area (Å²) < 4.78 is 8.59. The Kier molecular flexibility index (Phi) is 7.22. The van der Waals surface area contributed by atoms with E-state index < -0.39 is 0 Å². The molecule has 0 spiro atoms. The molecule has 1 heterocycles. The normalized spacial score (nSPS) is 12.7. The van der Waals surface area contributed by atoms with Crippen molar-refractivity contribution in [3.63, 3.8) is 0 Å². The molecule has 1 aromatic heterocycles. The van der Waals surface area contributed by atoms with Crippen LogP contribution in [0.15, 0.2) is 16.7 Å². The molecule has 1 atom stereocenters. The number of ketones is 1. The van der Waals surface area contributed by atoms with Gasteiger partial charge in [0.1, 0.15) is 5.78 Å². The summed E-state index contributed by atoms with van der Waals surface area (Å²) in [5, 5.41) is 6.09. The Morgan fingerprint density at radius 3 is 2.88 bits per heavy atom. The van der Waals surface area contributed by atoms with Gasteiger partial charge in [-0.25, -0.2) is 4.68 Å². The third kappa shape index (κ3) is 4.17. The van der Waals surface area contributed by atoms with Crippen LogP contribution in [-0.4, -0.2) is 28.7 Å². The Morgan fingerprint density at radius 2 is 2.25 bits per heavy atom. The fraction of sp³-hybridized carbons (Fsp3) is 0.529. The first-order valence-electron chi connectivity index (χ1n) is 8.20. The molecule has 7 heteroatoms. The van der Waals surface area contributed by atoms with E-state index in [1.807, 2.05) is 23.9 Å². The highest BCUT2D eigenvalue weighted by Crippen LogP contribution is 2.35. The molecule has 0 aliphatic rings. The van der Waals surface area contributed by atoms with Crippen LogP contribution in [0.4, 0.5) is 0 Å². The number of hydrogen-bond donors (Lipinski definition) is 1. The lowest BCUT2D eigenvalue weighted by Crippen LogP contribution is -2.14. The zero-order chi connectivity index (χ0) is 17.7. The molecule has 24 heavy (non-hydrogen) atoms. The van der Waals surface area contributed by atoms with Crippen molar-refractivity contribution >= 4 is 44.2 Å². The van der Waals surface area contributed by atoms with Crippen molar-refractivity contribution in [1.82, 2.24) is 9.78 Å². The van der Waals surface area contributed by atoms with E-state index in [1.165, 1.54) is 0 Å². The zero-order valence-corrected chi connectivity index (χ0v) is 16.4. The van der Waals surface area contributed by atoms with Gasteiger partial charge in [-0.3, -0.25) is 4.79 Å². The van der Waals surface area contributed by atoms with Crippen LogP contribution in [0.1, 0.15) is 44.9 Å². The summed E-state index contributed by atoms with van der Waals surface area (Å²) in [5.41, 5.74) is 7.21. The van der Waals surface area contributed by atoms with Crippen molar-refractivity contribution in [3.05, 3.63) is 27.3 Å². The third-order valence-corrected chi connectivity index (χ3v) is 5.18. The number of benzene rings is 1. The number of rotatable bonds is 9. The molecular weight excluding hydrogens is 394 g/mol. The highest BCUT2D eigenvalue weighted by Gasteiger charge is 2.19. The lowest BCUT2D eigenvalue weighted by molar-refractivity contribution is -0.117. The number of nitrogens with zero attached hydrogens (tertiary/aromatic N) is 2. The zero-order valence-electron chi connectivity index (χ0n) is 14.0. The quantitative estimate of drug-likeness (QED) is 0.663. The molecule has 0 fully saturated rings. The van der Waals surface area contributed by atoms with Crippen LogP contribution < -0.4 is 5.73 Å². The standard InChI is InChI=1S/C17H23BrClN3O2/c1-3-5-16(24-4-2)22-15-8-14(19)12(7-6-11(23)9-20)17(18)13(15)10-21-22/h8,10,16H,3-7,9,20H2,1-2H3. The average molecular weight is 417 g/mol. The number of ether oxygens (including phenoxy) is 1. The SMILES string of the molecule is CCCC(OCC)n1ncc2c(Br)c(CCC(=O)CN)c(Cl)cc21. The number of carbonyl (C=O) groups excluding carboxylic acids is 1. The first-order chi connectivity index (χ1) is 11.5. The van der Waals surface area contributed by atoms with Gasteiger partial charge in [0, 0.05) is 27.9 Å². The maximum atomic E-state index is 11.5. The largest absolute Gasteiger partial charge is 0.357 e. The molecule has 2 rings (SSSR count). The van der Waals surface area contributed by atoms with Crippen molar-refractivity contribution in [2.45, 2.75) is 45.8 Å². The summed E-state index contributed by atoms with van der Waals surface area (Å²) in [6, 6.07) is 1.90. The van der Waals surface area contributed by atoms with E-state index in [1.54, 1.807) is 0 Å². The summed E-state index contributed by atoms with van der Waals surface area (Å²) in [5.74, 6) is 0.0214. The van der Waals surface area contributed by atoms with E-state index in [-0.39, 0.29) is 18.6 Å². The van der Waals surface area contributed by atoms with Gasteiger partial charge in [-0.05, 0) is 47.3 Å². The van der Waals surface area contributed by atoms with Crippen LogP contribution >= 0.6 is 27.5 Å². The summed E-state index contributed by atoms with van der Waals surface area (Å²) in [4.78, 5) is 11.5. The molecule has 0 amide bonds. The van der Waals surface area contributed by atoms with Gasteiger partial charge in [0.2, 0.25) is 0 Å². The second-order valence-corrected chi connectivity index (χ2v) is 6.81. The van der Waals surface area contributed by atoms with Gasteiger partial charge < -0.3 is 10.5 Å². The number of carbonyl (C=O) groups is 1. The Hall–Kier alpha value is -0.950. The van der Waals surface area contributed by atoms with E-state index in [0.29, 0.717) is 24.5 Å². The minimum Gasteiger partial charge on any atom is -0.357 e. The van der Waals surface area contributed by atoms with E-state index in [0.717, 1.165) is 33.8 Å². The van der Waals surface area contributed by atoms with Crippen LogP contribution in [0, 0.1) is 0 Å². The van der Waals surface area contributed by atoms with Crippen LogP contribution in [-0.2, 0) is 16.0 Å². The molecule has 0 radical (unpaired) electrons. The maximum Gasteiger partial charge on any atom is 0.150 e. The second kappa shape index (κ2) is 8.94. The van der Waals surface area contributed by atoms with Gasteiger partial charge in [0.15, 0.2) is 6.23 Å². The second-order valence-electron chi connectivity index (χ2n) is 5.61. The minimum absolute atomic E-state index is 0.0214. The van der Waals surface area contributed by atoms with E-state index in [9.17, 15) is 4.79 Å². The van der Waals surface area contributed by atoms with Gasteiger partial charge in [0.05, 0.1) is 18.3 Å². The molecular formula is C17H23BrClN3O2. The number of hydrogen-bond acceptors (Lipinski definition) is 4. The summed E-state index contributed by atoms with van der Waals surface area (Å²) in [6.45, 7) is 4.78. The molecule has 0 aliphatic heterocycles. The molecule has 0 bridgehead atoms. The van der Waals surface area contributed by atoms with Crippen LogP contribution in [0.5, 0.6) is 0 Å². The van der Waals surface area contributed by atoms with Crippen molar-refractivity contribution in [2.75, 3.05) is 13.2 Å². The number of fused-ring (bicyclic) bond motifs is 1. The Bertz CT molecular complexity index is 711. The summed E-state index contributed by atoms with van der Waals surface area (Å²) >= 11 is 10.1. The lowest BCUT2D eigenvalue weighted by atomic mass is 10.1. The highest BCUT2D eigenvalue weighted by molar-refractivity contribution is 9.10. The summed E-state index contributed by atoms with van der Waals surface area (Å²) in [6.07, 6.45) is 4.52. The van der Waals surface area contributed by atoms with Crippen LogP contribution in [0.3, 0.4) is 0 Å². The molecule has 5 nitrogen and oxygen atoms in total. The third-order valence-electron chi connectivity index (χ3n) is 3.94. The van der Waals surface area contributed by atoms with Crippen molar-refractivity contribution in [3.8, 4) is 0 Å². The number of halogens is 2. The molecule has 2 N–H and O–H groups in total.